The van der Waals surface area contributed by atoms with Gasteiger partial charge in [0.2, 0.25) is 0 Å². The third-order valence-corrected chi connectivity index (χ3v) is 4.47. The maximum absolute atomic E-state index is 13.0. The Labute approximate surface area is 197 Å². The van der Waals surface area contributed by atoms with E-state index in [0.29, 0.717) is 11.3 Å². The number of carboxylic acids is 1. The van der Waals surface area contributed by atoms with Crippen LogP contribution in [0.4, 0.5) is 23.7 Å². The fourth-order valence-corrected chi connectivity index (χ4v) is 2.84. The van der Waals surface area contributed by atoms with Crippen molar-refractivity contribution in [2.24, 2.45) is 0 Å². The van der Waals surface area contributed by atoms with Gasteiger partial charge in [-0.2, -0.15) is 13.2 Å². The molecular formula is C23H20F3N3O6. The number of carbonyl (C=O) groups excluding carboxylic acids is 1. The largest absolute Gasteiger partial charge is 0.489 e. The minimum atomic E-state index is -4.61. The monoisotopic (exact) mass is 491 g/mol. The Balaban J connectivity index is 1.60. The minimum Gasteiger partial charge on any atom is -0.489 e. The second-order valence-electron chi connectivity index (χ2n) is 7.02. The summed E-state index contributed by atoms with van der Waals surface area (Å²) < 4.78 is 49.9. The number of benzene rings is 2. The first-order valence-electron chi connectivity index (χ1n) is 10.1. The number of aromatic carboxylic acids is 1. The van der Waals surface area contributed by atoms with Crippen LogP contribution >= 0.6 is 0 Å². The Morgan fingerprint density at radius 3 is 2.40 bits per heavy atom. The van der Waals surface area contributed by atoms with E-state index in [1.54, 1.807) is 24.3 Å². The zero-order valence-corrected chi connectivity index (χ0v) is 18.0. The lowest BCUT2D eigenvalue weighted by Gasteiger charge is -2.15. The van der Waals surface area contributed by atoms with Crippen LogP contribution in [0.2, 0.25) is 0 Å². The number of halogens is 3. The maximum atomic E-state index is 13.0. The van der Waals surface area contributed by atoms with E-state index in [1.165, 1.54) is 18.3 Å². The highest BCUT2D eigenvalue weighted by Gasteiger charge is 2.31. The van der Waals surface area contributed by atoms with Gasteiger partial charge in [-0.15, -0.1) is 0 Å². The first-order valence-corrected chi connectivity index (χ1v) is 10.1. The van der Waals surface area contributed by atoms with E-state index >= 15 is 0 Å². The molecule has 35 heavy (non-hydrogen) atoms. The predicted octanol–water partition coefficient (Wildman–Crippen LogP) is 4.28. The van der Waals surface area contributed by atoms with Gasteiger partial charge in [0.25, 0.3) is 0 Å². The molecule has 2 aromatic carbocycles. The van der Waals surface area contributed by atoms with Crippen molar-refractivity contribution < 1.29 is 42.4 Å². The molecule has 0 unspecified atom stereocenters. The highest BCUT2D eigenvalue weighted by atomic mass is 19.4. The lowest BCUT2D eigenvalue weighted by molar-refractivity contribution is -0.137. The Bertz CT molecular complexity index is 1190. The first kappa shape index (κ1) is 25.3. The highest BCUT2D eigenvalue weighted by molar-refractivity contribution is 5.91. The van der Waals surface area contributed by atoms with Crippen LogP contribution in [0.25, 0.3) is 0 Å². The van der Waals surface area contributed by atoms with Crippen LogP contribution in [0.5, 0.6) is 17.2 Å². The molecule has 3 aromatic rings. The number of carboxylic acid groups (broad SMARTS) is 1. The quantitative estimate of drug-likeness (QED) is 0.351. The molecule has 0 atom stereocenters. The number of rotatable bonds is 9. The summed E-state index contributed by atoms with van der Waals surface area (Å²) in [4.78, 5) is 27.0. The maximum Gasteiger partial charge on any atom is 0.416 e. The van der Waals surface area contributed by atoms with E-state index in [-0.39, 0.29) is 42.6 Å². The number of nitrogens with one attached hydrogen (secondary N) is 2. The Kier molecular flexibility index (Phi) is 8.10. The number of aromatic nitrogens is 1. The summed E-state index contributed by atoms with van der Waals surface area (Å²) in [5.41, 5.74) is -0.675. The zero-order valence-electron chi connectivity index (χ0n) is 18.0. The van der Waals surface area contributed by atoms with Crippen LogP contribution in [-0.4, -0.2) is 40.4 Å². The van der Waals surface area contributed by atoms with Gasteiger partial charge in [-0.3, -0.25) is 0 Å². The van der Waals surface area contributed by atoms with Gasteiger partial charge in [-0.1, -0.05) is 12.1 Å². The molecule has 4 N–H and O–H groups in total. The van der Waals surface area contributed by atoms with Gasteiger partial charge in [0, 0.05) is 18.8 Å². The van der Waals surface area contributed by atoms with Crippen LogP contribution in [0.15, 0.2) is 60.8 Å². The summed E-state index contributed by atoms with van der Waals surface area (Å²) in [5, 5.41) is 22.7. The number of pyridine rings is 1. The van der Waals surface area contributed by atoms with Gasteiger partial charge in [-0.05, 0) is 42.0 Å². The molecule has 0 aliphatic carbocycles. The second kappa shape index (κ2) is 11.2. The number of ether oxygens (including phenoxy) is 2. The number of alkyl halides is 3. The smallest absolute Gasteiger partial charge is 0.416 e. The summed E-state index contributed by atoms with van der Waals surface area (Å²) in [6.45, 7) is -0.461. The standard InChI is InChI=1S/C23H20F3N3O6/c24-23(25,26)15-3-6-20(34-10-9-30)18(11-15)29-22(33)28-13-14-1-4-16(5-2-14)35-17-7-8-27-19(12-17)21(31)32/h1-8,11-12,30H,9-10,13H2,(H,31,32)(H2,28,29,33). The van der Waals surface area contributed by atoms with Crippen molar-refractivity contribution in [3.8, 4) is 17.2 Å². The molecule has 0 spiro atoms. The molecule has 0 saturated carbocycles. The Hall–Kier alpha value is -4.32. The molecular weight excluding hydrogens is 471 g/mol. The number of aliphatic hydroxyl groups is 1. The molecule has 0 aliphatic heterocycles. The molecule has 3 rings (SSSR count). The number of hydrogen-bond acceptors (Lipinski definition) is 6. The average Bonchev–Trinajstić information content (AvgIpc) is 2.82. The second-order valence-corrected chi connectivity index (χ2v) is 7.02. The average molecular weight is 491 g/mol. The molecule has 1 aromatic heterocycles. The topological polar surface area (TPSA) is 130 Å². The summed E-state index contributed by atoms with van der Waals surface area (Å²) in [5.74, 6) is -0.517. The normalized spacial score (nSPS) is 11.0. The third kappa shape index (κ3) is 7.33. The number of nitrogens with zero attached hydrogens (tertiary/aromatic N) is 1. The van der Waals surface area contributed by atoms with Crippen molar-refractivity contribution in [2.75, 3.05) is 18.5 Å². The number of urea groups is 1. The van der Waals surface area contributed by atoms with Gasteiger partial charge in [0.15, 0.2) is 5.69 Å². The number of aliphatic hydroxyl groups excluding tert-OH is 1. The molecule has 0 saturated heterocycles. The molecule has 0 aliphatic rings. The van der Waals surface area contributed by atoms with Crippen molar-refractivity contribution >= 4 is 17.7 Å². The van der Waals surface area contributed by atoms with Gasteiger partial charge in [-0.25, -0.2) is 14.6 Å². The van der Waals surface area contributed by atoms with E-state index in [9.17, 15) is 22.8 Å². The molecule has 9 nitrogen and oxygen atoms in total. The number of anilines is 1. The first-order chi connectivity index (χ1) is 16.7. The Morgan fingerprint density at radius 1 is 1.00 bits per heavy atom. The molecule has 0 fully saturated rings. The molecule has 0 radical (unpaired) electrons. The number of amides is 2. The molecule has 1 heterocycles. The molecule has 184 valence electrons. The lowest BCUT2D eigenvalue weighted by atomic mass is 10.1. The predicted molar refractivity (Wildman–Crippen MR) is 118 cm³/mol. The minimum absolute atomic E-state index is 0.0223. The lowest BCUT2D eigenvalue weighted by Crippen LogP contribution is -2.28. The summed E-state index contributed by atoms with van der Waals surface area (Å²) in [6.07, 6.45) is -3.31. The summed E-state index contributed by atoms with van der Waals surface area (Å²) >= 11 is 0. The van der Waals surface area contributed by atoms with E-state index in [2.05, 4.69) is 15.6 Å². The third-order valence-electron chi connectivity index (χ3n) is 4.47. The van der Waals surface area contributed by atoms with Crippen LogP contribution in [0.1, 0.15) is 21.6 Å². The van der Waals surface area contributed by atoms with Crippen LogP contribution < -0.4 is 20.1 Å². The van der Waals surface area contributed by atoms with Gasteiger partial charge < -0.3 is 30.3 Å². The molecule has 2 amide bonds. The Morgan fingerprint density at radius 2 is 1.74 bits per heavy atom. The van der Waals surface area contributed by atoms with Crippen molar-refractivity contribution in [1.82, 2.24) is 10.3 Å². The zero-order chi connectivity index (χ0) is 25.4. The summed E-state index contributed by atoms with van der Waals surface area (Å²) in [7, 11) is 0. The van der Waals surface area contributed by atoms with E-state index in [0.717, 1.165) is 18.2 Å². The van der Waals surface area contributed by atoms with Gasteiger partial charge >= 0.3 is 18.2 Å². The van der Waals surface area contributed by atoms with E-state index < -0.39 is 23.7 Å². The van der Waals surface area contributed by atoms with E-state index in [4.69, 9.17) is 19.7 Å². The van der Waals surface area contributed by atoms with Gasteiger partial charge in [0.1, 0.15) is 23.9 Å². The number of hydrogen-bond donors (Lipinski definition) is 4. The van der Waals surface area contributed by atoms with E-state index in [1.807, 2.05) is 0 Å². The fourth-order valence-electron chi connectivity index (χ4n) is 2.84. The molecule has 0 bridgehead atoms. The van der Waals surface area contributed by atoms with Crippen LogP contribution in [-0.2, 0) is 12.7 Å². The van der Waals surface area contributed by atoms with Crippen molar-refractivity contribution in [3.63, 3.8) is 0 Å². The van der Waals surface area contributed by atoms with Crippen LogP contribution in [0, 0.1) is 0 Å². The van der Waals surface area contributed by atoms with Crippen molar-refractivity contribution in [2.45, 2.75) is 12.7 Å². The number of carbonyl (C=O) groups is 2. The fraction of sp³-hybridized carbons (Fsp3) is 0.174. The van der Waals surface area contributed by atoms with Crippen LogP contribution in [0.3, 0.4) is 0 Å². The SMILES string of the molecule is O=C(NCc1ccc(Oc2ccnc(C(=O)O)c2)cc1)Nc1cc(C(F)(F)F)ccc1OCCO. The van der Waals surface area contributed by atoms with Crippen molar-refractivity contribution in [1.29, 1.82) is 0 Å². The van der Waals surface area contributed by atoms with Crippen molar-refractivity contribution in [3.05, 3.63) is 77.6 Å². The highest BCUT2D eigenvalue weighted by Crippen LogP contribution is 2.35. The summed E-state index contributed by atoms with van der Waals surface area (Å²) in [6, 6.07) is 11.1. The molecule has 12 heteroatoms. The van der Waals surface area contributed by atoms with Gasteiger partial charge in [0.05, 0.1) is 17.9 Å².